The van der Waals surface area contributed by atoms with Gasteiger partial charge < -0.3 is 21.2 Å². The highest BCUT2D eigenvalue weighted by Crippen LogP contribution is 2.34. The molecular weight excluding hydrogens is 449 g/mol. The summed E-state index contributed by atoms with van der Waals surface area (Å²) in [4.78, 5) is 39.9. The van der Waals surface area contributed by atoms with Gasteiger partial charge in [0.25, 0.3) is 17.7 Å². The first kappa shape index (κ1) is 22.5. The van der Waals surface area contributed by atoms with Gasteiger partial charge >= 0.3 is 0 Å². The van der Waals surface area contributed by atoms with E-state index in [0.29, 0.717) is 11.5 Å². The molecular formula is C22H22FN5O4S. The van der Waals surface area contributed by atoms with Crippen molar-refractivity contribution in [1.29, 1.82) is 0 Å². The summed E-state index contributed by atoms with van der Waals surface area (Å²) in [6, 6.07) is 7.05. The summed E-state index contributed by atoms with van der Waals surface area (Å²) in [5.41, 5.74) is 11.1. The third-order valence-corrected chi connectivity index (χ3v) is 6.35. The third kappa shape index (κ3) is 4.58. The quantitative estimate of drug-likeness (QED) is 0.483. The first-order chi connectivity index (χ1) is 15.9. The van der Waals surface area contributed by atoms with Crippen LogP contribution in [0, 0.1) is 5.82 Å². The summed E-state index contributed by atoms with van der Waals surface area (Å²) in [6.07, 6.45) is 5.08. The Labute approximate surface area is 192 Å². The lowest BCUT2D eigenvalue weighted by molar-refractivity contribution is -0.123. The number of anilines is 2. The van der Waals surface area contributed by atoms with E-state index in [2.05, 4.69) is 9.69 Å². The van der Waals surface area contributed by atoms with Crippen LogP contribution < -0.4 is 21.7 Å². The zero-order valence-electron chi connectivity index (χ0n) is 17.5. The number of hydrogen-bond donors (Lipinski definition) is 3. The number of halogens is 1. The molecule has 9 nitrogen and oxygen atoms in total. The number of rotatable bonds is 7. The van der Waals surface area contributed by atoms with Crippen LogP contribution in [-0.2, 0) is 4.79 Å². The van der Waals surface area contributed by atoms with E-state index in [9.17, 15) is 18.8 Å². The predicted molar refractivity (Wildman–Crippen MR) is 120 cm³/mol. The minimum Gasteiger partial charge on any atom is -0.467 e. The fourth-order valence-electron chi connectivity index (χ4n) is 3.89. The van der Waals surface area contributed by atoms with Crippen LogP contribution >= 0.6 is 11.5 Å². The van der Waals surface area contributed by atoms with E-state index in [1.54, 1.807) is 12.1 Å². The van der Waals surface area contributed by atoms with Crippen LogP contribution in [0.15, 0.2) is 47.1 Å². The molecule has 3 aromatic rings. The monoisotopic (exact) mass is 471 g/mol. The number of aromatic nitrogens is 1. The molecule has 33 heavy (non-hydrogen) atoms. The third-order valence-electron chi connectivity index (χ3n) is 5.50. The van der Waals surface area contributed by atoms with Gasteiger partial charge in [0.15, 0.2) is 11.7 Å². The molecule has 3 amide bonds. The summed E-state index contributed by atoms with van der Waals surface area (Å²) >= 11 is 0.695. The van der Waals surface area contributed by atoms with Crippen LogP contribution in [0.2, 0.25) is 0 Å². The molecule has 0 bridgehead atoms. The fourth-order valence-corrected chi connectivity index (χ4v) is 4.64. The number of nitrogens with two attached hydrogens (primary N) is 2. The number of amides is 3. The maximum Gasteiger partial charge on any atom is 0.273 e. The molecule has 1 unspecified atom stereocenters. The molecule has 0 radical (unpaired) electrons. The molecule has 0 aliphatic heterocycles. The van der Waals surface area contributed by atoms with Gasteiger partial charge in [0.05, 0.1) is 12.0 Å². The lowest BCUT2D eigenvalue weighted by Gasteiger charge is -2.30. The van der Waals surface area contributed by atoms with E-state index in [1.807, 2.05) is 0 Å². The summed E-state index contributed by atoms with van der Waals surface area (Å²) in [7, 11) is 0. The predicted octanol–water partition coefficient (Wildman–Crippen LogP) is 3.00. The highest BCUT2D eigenvalue weighted by Gasteiger charge is 2.38. The molecule has 1 aliphatic carbocycles. The van der Waals surface area contributed by atoms with Crippen LogP contribution in [0.4, 0.5) is 15.8 Å². The maximum atomic E-state index is 13.7. The zero-order valence-corrected chi connectivity index (χ0v) is 18.3. The molecule has 0 saturated heterocycles. The van der Waals surface area contributed by atoms with Gasteiger partial charge in [-0.3, -0.25) is 19.3 Å². The SMILES string of the molecule is NC(=O)c1nsc(C(=O)N(c2ccc(F)cc2)C(C(=O)NC2CCCC2)c2ccco2)c1N. The average molecular weight is 472 g/mol. The number of nitrogens with one attached hydrogen (secondary N) is 1. The minimum atomic E-state index is -1.21. The van der Waals surface area contributed by atoms with Crippen LogP contribution in [0.5, 0.6) is 0 Å². The normalized spacial score (nSPS) is 14.7. The van der Waals surface area contributed by atoms with Crippen molar-refractivity contribution < 1.29 is 23.2 Å². The lowest BCUT2D eigenvalue weighted by atomic mass is 10.1. The van der Waals surface area contributed by atoms with Crippen molar-refractivity contribution in [3.63, 3.8) is 0 Å². The van der Waals surface area contributed by atoms with Crippen molar-refractivity contribution in [2.45, 2.75) is 37.8 Å². The second kappa shape index (κ2) is 9.41. The van der Waals surface area contributed by atoms with Crippen molar-refractivity contribution >= 4 is 40.6 Å². The van der Waals surface area contributed by atoms with Gasteiger partial charge in [0, 0.05) is 11.7 Å². The number of nitrogen functional groups attached to an aromatic ring is 1. The van der Waals surface area contributed by atoms with E-state index in [1.165, 1.54) is 30.5 Å². The largest absolute Gasteiger partial charge is 0.467 e. The molecule has 5 N–H and O–H groups in total. The first-order valence-electron chi connectivity index (χ1n) is 10.3. The van der Waals surface area contributed by atoms with Crippen LogP contribution in [0.1, 0.15) is 57.6 Å². The topological polar surface area (TPSA) is 145 Å². The second-order valence-corrected chi connectivity index (χ2v) is 8.47. The van der Waals surface area contributed by atoms with Gasteiger partial charge in [0.1, 0.15) is 16.5 Å². The molecule has 2 heterocycles. The standard InChI is InChI=1S/C22H22FN5O4S/c23-12-7-9-14(10-8-12)28(22(31)19-16(24)17(20(25)29)27-33-19)18(15-6-3-11-32-15)21(30)26-13-4-1-2-5-13/h3,6-11,13,18H,1-2,4-5,24H2,(H2,25,29)(H,26,30). The Hall–Kier alpha value is -3.73. The van der Waals surface area contributed by atoms with Gasteiger partial charge in [-0.05, 0) is 60.8 Å². The van der Waals surface area contributed by atoms with Crippen molar-refractivity contribution in [2.24, 2.45) is 5.73 Å². The van der Waals surface area contributed by atoms with Gasteiger partial charge in [-0.15, -0.1) is 0 Å². The zero-order chi connectivity index (χ0) is 23.5. The molecule has 0 spiro atoms. The van der Waals surface area contributed by atoms with E-state index in [-0.39, 0.29) is 33.7 Å². The fraction of sp³-hybridized carbons (Fsp3) is 0.273. The number of carbonyl (C=O) groups excluding carboxylic acids is 3. The molecule has 11 heteroatoms. The maximum absolute atomic E-state index is 13.7. The summed E-state index contributed by atoms with van der Waals surface area (Å²) in [6.45, 7) is 0. The Balaban J connectivity index is 1.80. The number of nitrogens with zero attached hydrogens (tertiary/aromatic N) is 2. The Kier molecular flexibility index (Phi) is 6.40. The van der Waals surface area contributed by atoms with E-state index in [4.69, 9.17) is 15.9 Å². The van der Waals surface area contributed by atoms with E-state index < -0.39 is 29.6 Å². The molecule has 1 atom stereocenters. The van der Waals surface area contributed by atoms with Gasteiger partial charge in [0.2, 0.25) is 0 Å². The first-order valence-corrected chi connectivity index (χ1v) is 11.1. The highest BCUT2D eigenvalue weighted by molar-refractivity contribution is 7.09. The van der Waals surface area contributed by atoms with E-state index >= 15 is 0 Å². The molecule has 4 rings (SSSR count). The number of benzene rings is 1. The summed E-state index contributed by atoms with van der Waals surface area (Å²) < 4.78 is 23.1. The number of furan rings is 1. The van der Waals surface area contributed by atoms with Crippen molar-refractivity contribution in [3.05, 3.63) is 64.8 Å². The van der Waals surface area contributed by atoms with Gasteiger partial charge in [-0.25, -0.2) is 4.39 Å². The Morgan fingerprint density at radius 1 is 1.18 bits per heavy atom. The summed E-state index contributed by atoms with van der Waals surface area (Å²) in [5.74, 6) is -2.33. The van der Waals surface area contributed by atoms with E-state index in [0.717, 1.165) is 30.6 Å². The average Bonchev–Trinajstić information content (AvgIpc) is 3.54. The van der Waals surface area contributed by atoms with Crippen molar-refractivity contribution in [2.75, 3.05) is 10.6 Å². The lowest BCUT2D eigenvalue weighted by Crippen LogP contribution is -2.46. The van der Waals surface area contributed by atoms with Crippen LogP contribution in [0.3, 0.4) is 0 Å². The molecule has 1 fully saturated rings. The van der Waals surface area contributed by atoms with Crippen molar-refractivity contribution in [1.82, 2.24) is 9.69 Å². The Bertz CT molecular complexity index is 1160. The minimum absolute atomic E-state index is 0.0185. The van der Waals surface area contributed by atoms with Crippen LogP contribution in [0.25, 0.3) is 0 Å². The smallest absolute Gasteiger partial charge is 0.273 e. The molecule has 1 aromatic carbocycles. The number of carbonyl (C=O) groups is 3. The molecule has 2 aromatic heterocycles. The van der Waals surface area contributed by atoms with Gasteiger partial charge in [-0.1, -0.05) is 12.8 Å². The van der Waals surface area contributed by atoms with Crippen LogP contribution in [-0.4, -0.2) is 28.1 Å². The second-order valence-electron chi connectivity index (χ2n) is 7.70. The molecule has 1 saturated carbocycles. The Morgan fingerprint density at radius 3 is 2.45 bits per heavy atom. The van der Waals surface area contributed by atoms with Gasteiger partial charge in [-0.2, -0.15) is 4.37 Å². The highest BCUT2D eigenvalue weighted by atomic mass is 32.1. The Morgan fingerprint density at radius 2 is 1.88 bits per heavy atom. The molecule has 1 aliphatic rings. The molecule has 172 valence electrons. The number of primary amides is 1. The van der Waals surface area contributed by atoms with Crippen molar-refractivity contribution in [3.8, 4) is 0 Å². The number of hydrogen-bond acceptors (Lipinski definition) is 7. The summed E-state index contributed by atoms with van der Waals surface area (Å²) in [5, 5.41) is 2.99.